The zero-order chi connectivity index (χ0) is 49.5. The van der Waals surface area contributed by atoms with Gasteiger partial charge in [0, 0.05) is 41.7 Å². The minimum absolute atomic E-state index is 0.156. The molecule has 9 rings (SSSR count). The molecule has 0 radical (unpaired) electrons. The van der Waals surface area contributed by atoms with E-state index < -0.39 is 36.3 Å². The molecule has 3 aliphatic heterocycles. The van der Waals surface area contributed by atoms with Crippen LogP contribution in [0.15, 0.2) is 55.0 Å². The summed E-state index contributed by atoms with van der Waals surface area (Å²) in [5.41, 5.74) is 4.53. The third kappa shape index (κ3) is 8.99. The van der Waals surface area contributed by atoms with Gasteiger partial charge in [-0.3, -0.25) is 14.2 Å². The standard InChI is InChI=1S/C51H61FN10O7S/c1-9-28(10-2)46-55-25-40(70-46)49-62-35-16-15-29(33-23-53-44(56-33)36-13-11-17-60(36)47(63)42(26(3)4)58-50(65)67-7)19-31(35)21-38(62)41-32(52)20-30(22-39(41)69-49)34-24-54-45(57-34)37-14-12-18-61(37)48(64)43(27(5)6)59-51(66)68-8/h15-16,19-28,36-37,42-43,49H,9-14,17-18H2,1-8H3,(H,53,56)(H,54,57)(H,58,65)(H,59,66)/t36-,37-,42-,43-,49?/m0/s1. The predicted molar refractivity (Wildman–Crippen MR) is 262 cm³/mol. The topological polar surface area (TPSA) is 202 Å². The number of likely N-dealkylation sites (tertiary alicyclic amines) is 2. The summed E-state index contributed by atoms with van der Waals surface area (Å²) < 4.78 is 35.5. The van der Waals surface area contributed by atoms with Gasteiger partial charge in [0.05, 0.1) is 76.7 Å². The van der Waals surface area contributed by atoms with Crippen molar-refractivity contribution < 1.29 is 37.8 Å². The highest BCUT2D eigenvalue weighted by Gasteiger charge is 2.40. The van der Waals surface area contributed by atoms with E-state index in [1.165, 1.54) is 20.3 Å². The number of benzene rings is 2. The third-order valence-electron chi connectivity index (χ3n) is 14.0. The molecule has 17 nitrogen and oxygen atoms in total. The molecule has 7 heterocycles. The van der Waals surface area contributed by atoms with Crippen LogP contribution < -0.4 is 15.4 Å². The van der Waals surface area contributed by atoms with Crippen LogP contribution in [0.4, 0.5) is 14.0 Å². The van der Waals surface area contributed by atoms with Crippen LogP contribution >= 0.6 is 11.3 Å². The quantitative estimate of drug-likeness (QED) is 0.0814. The Bertz CT molecular complexity index is 2920. The van der Waals surface area contributed by atoms with Crippen LogP contribution in [0.5, 0.6) is 5.75 Å². The van der Waals surface area contributed by atoms with Gasteiger partial charge in [-0.25, -0.2) is 28.9 Å². The number of methoxy groups -OCH3 is 2. The Hall–Kier alpha value is -6.76. The second-order valence-electron chi connectivity index (χ2n) is 19.0. The van der Waals surface area contributed by atoms with Crippen molar-refractivity contribution in [3.8, 4) is 39.5 Å². The predicted octanol–water partition coefficient (Wildman–Crippen LogP) is 9.62. The van der Waals surface area contributed by atoms with Gasteiger partial charge in [-0.2, -0.15) is 0 Å². The second kappa shape index (κ2) is 19.9. The highest BCUT2D eigenvalue weighted by Crippen LogP contribution is 2.49. The van der Waals surface area contributed by atoms with Gasteiger partial charge in [-0.15, -0.1) is 11.3 Å². The molecule has 4 N–H and O–H groups in total. The van der Waals surface area contributed by atoms with Crippen LogP contribution in [-0.2, 0) is 19.1 Å². The van der Waals surface area contributed by atoms with Crippen molar-refractivity contribution >= 4 is 46.2 Å². The van der Waals surface area contributed by atoms with Gasteiger partial charge in [0.25, 0.3) is 0 Å². The lowest BCUT2D eigenvalue weighted by Gasteiger charge is -2.30. The molecular formula is C51H61FN10O7S. The number of carbonyl (C=O) groups excluding carboxylic acids is 4. The summed E-state index contributed by atoms with van der Waals surface area (Å²) in [4.78, 5) is 77.6. The first-order valence-electron chi connectivity index (χ1n) is 24.2. The number of alkyl carbamates (subject to hydrolysis) is 2. The highest BCUT2D eigenvalue weighted by molar-refractivity contribution is 7.11. The minimum atomic E-state index is -0.776. The number of aromatic nitrogens is 6. The van der Waals surface area contributed by atoms with E-state index in [1.807, 2.05) is 68.8 Å². The molecule has 19 heteroatoms. The van der Waals surface area contributed by atoms with Crippen molar-refractivity contribution in [1.82, 2.24) is 49.9 Å². The molecule has 1 unspecified atom stereocenters. The number of nitrogens with zero attached hydrogens (tertiary/aromatic N) is 6. The normalized spacial score (nSPS) is 18.5. The summed E-state index contributed by atoms with van der Waals surface area (Å²) in [5.74, 6) is 0.671. The number of hydrogen-bond acceptors (Lipinski definition) is 11. The number of thiazole rings is 1. The molecule has 3 aliphatic rings. The first-order chi connectivity index (χ1) is 33.7. The van der Waals surface area contributed by atoms with Crippen LogP contribution in [0, 0.1) is 17.7 Å². The molecule has 6 aromatic rings. The van der Waals surface area contributed by atoms with Crippen molar-refractivity contribution in [2.45, 2.75) is 116 Å². The zero-order valence-corrected chi connectivity index (χ0v) is 41.6. The van der Waals surface area contributed by atoms with E-state index in [1.54, 1.807) is 33.5 Å². The van der Waals surface area contributed by atoms with E-state index in [-0.39, 0.29) is 35.7 Å². The maximum atomic E-state index is 17.0. The van der Waals surface area contributed by atoms with E-state index in [2.05, 4.69) is 34.4 Å². The molecule has 0 bridgehead atoms. The lowest BCUT2D eigenvalue weighted by Crippen LogP contribution is -2.51. The molecular weight excluding hydrogens is 916 g/mol. The Morgan fingerprint density at radius 1 is 0.786 bits per heavy atom. The monoisotopic (exact) mass is 976 g/mol. The van der Waals surface area contributed by atoms with E-state index in [4.69, 9.17) is 29.2 Å². The van der Waals surface area contributed by atoms with Gasteiger partial charge < -0.3 is 44.6 Å². The molecule has 2 fully saturated rings. The molecule has 2 saturated heterocycles. The van der Waals surface area contributed by atoms with E-state index in [0.29, 0.717) is 65.3 Å². The number of imidazole rings is 2. The molecule has 0 saturated carbocycles. The molecule has 370 valence electrons. The third-order valence-corrected chi connectivity index (χ3v) is 15.2. The summed E-state index contributed by atoms with van der Waals surface area (Å²) >= 11 is 1.61. The van der Waals surface area contributed by atoms with Crippen molar-refractivity contribution in [1.29, 1.82) is 0 Å². The maximum absolute atomic E-state index is 17.0. The molecule has 5 atom stereocenters. The lowest BCUT2D eigenvalue weighted by atomic mass is 10.0. The van der Waals surface area contributed by atoms with Crippen LogP contribution in [0.2, 0.25) is 0 Å². The number of ether oxygens (including phenoxy) is 3. The number of fused-ring (bicyclic) bond motifs is 5. The zero-order valence-electron chi connectivity index (χ0n) is 40.8. The largest absolute Gasteiger partial charge is 0.464 e. The number of halogens is 1. The number of hydrogen-bond donors (Lipinski definition) is 4. The van der Waals surface area contributed by atoms with Crippen molar-refractivity contribution in [2.24, 2.45) is 11.8 Å². The summed E-state index contributed by atoms with van der Waals surface area (Å²) in [7, 11) is 2.55. The number of nitrogens with one attached hydrogen (secondary N) is 4. The van der Waals surface area contributed by atoms with Gasteiger partial charge in [0.15, 0.2) is 0 Å². The fraction of sp³-hybridized carbons (Fsp3) is 0.471. The SMILES string of the molecule is CCC(CC)c1ncc(C2Oc3cc(-c4cnc([C@@H]5CCCN5C(=O)[C@@H](NC(=O)OC)C(C)C)[nH]4)cc(F)c3-c3cc4cc(-c5cnc([C@@H]6CCCN6C(=O)[C@@H](NC(=O)OC)C(C)C)[nH]5)ccc4n32)s1. The number of aromatic amines is 2. The average molecular weight is 977 g/mol. The first kappa shape index (κ1) is 48.3. The summed E-state index contributed by atoms with van der Waals surface area (Å²) in [5, 5.41) is 7.28. The van der Waals surface area contributed by atoms with Gasteiger partial charge in [0.2, 0.25) is 18.0 Å². The number of rotatable bonds is 14. The van der Waals surface area contributed by atoms with Gasteiger partial charge in [-0.05, 0) is 80.7 Å². The van der Waals surface area contributed by atoms with E-state index in [9.17, 15) is 19.2 Å². The molecule has 0 aliphatic carbocycles. The molecule has 70 heavy (non-hydrogen) atoms. The Morgan fingerprint density at radius 3 is 1.90 bits per heavy atom. The number of amides is 4. The summed E-state index contributed by atoms with van der Waals surface area (Å²) in [6, 6.07) is 9.19. The highest BCUT2D eigenvalue weighted by atomic mass is 32.1. The second-order valence-corrected chi connectivity index (χ2v) is 20.1. The molecule has 4 amide bonds. The van der Waals surface area contributed by atoms with Crippen LogP contribution in [0.3, 0.4) is 0 Å². The van der Waals surface area contributed by atoms with Crippen LogP contribution in [0.25, 0.3) is 44.7 Å². The van der Waals surface area contributed by atoms with Gasteiger partial charge >= 0.3 is 12.2 Å². The fourth-order valence-corrected chi connectivity index (χ4v) is 11.4. The average Bonchev–Trinajstić information content (AvgIpc) is 4.21. The Kier molecular flexibility index (Phi) is 13.7. The molecule has 4 aromatic heterocycles. The van der Waals surface area contributed by atoms with E-state index >= 15 is 4.39 Å². The lowest BCUT2D eigenvalue weighted by molar-refractivity contribution is -0.136. The summed E-state index contributed by atoms with van der Waals surface area (Å²) in [6.45, 7) is 12.9. The Balaban J connectivity index is 1.05. The van der Waals surface area contributed by atoms with Crippen LogP contribution in [0.1, 0.15) is 126 Å². The van der Waals surface area contributed by atoms with Crippen molar-refractivity contribution in [3.63, 3.8) is 0 Å². The maximum Gasteiger partial charge on any atom is 0.407 e. The van der Waals surface area contributed by atoms with Crippen molar-refractivity contribution in [3.05, 3.63) is 82.3 Å². The Morgan fingerprint density at radius 2 is 1.36 bits per heavy atom. The molecule has 2 aromatic carbocycles. The van der Waals surface area contributed by atoms with Gasteiger partial charge in [-0.1, -0.05) is 47.6 Å². The summed E-state index contributed by atoms with van der Waals surface area (Å²) in [6.07, 6.45) is 8.15. The van der Waals surface area contributed by atoms with Gasteiger partial charge in [0.1, 0.15) is 35.3 Å². The smallest absolute Gasteiger partial charge is 0.407 e. The number of carbonyl (C=O) groups is 4. The first-order valence-corrected chi connectivity index (χ1v) is 25.1. The van der Waals surface area contributed by atoms with E-state index in [0.717, 1.165) is 64.1 Å². The fourth-order valence-electron chi connectivity index (χ4n) is 10.2. The molecule has 0 spiro atoms. The Labute approximate surface area is 409 Å². The minimum Gasteiger partial charge on any atom is -0.464 e. The van der Waals surface area contributed by atoms with Crippen molar-refractivity contribution in [2.75, 3.05) is 27.3 Å². The van der Waals surface area contributed by atoms with Crippen LogP contribution in [-0.4, -0.2) is 103 Å². The number of H-pyrrole nitrogens is 2.